The van der Waals surface area contributed by atoms with Crippen LogP contribution in [0.3, 0.4) is 0 Å². The Morgan fingerprint density at radius 2 is 1.90 bits per heavy atom. The fraction of sp³-hybridized carbons (Fsp3) is 0.208. The van der Waals surface area contributed by atoms with Gasteiger partial charge in [0.25, 0.3) is 0 Å². The first-order valence-corrected chi connectivity index (χ1v) is 11.9. The molecule has 0 fully saturated rings. The van der Waals surface area contributed by atoms with E-state index in [9.17, 15) is 4.79 Å². The molecule has 0 radical (unpaired) electrons. The summed E-state index contributed by atoms with van der Waals surface area (Å²) in [5.74, 6) is 0.653. The number of hydrogen-bond donors (Lipinski definition) is 1. The minimum Gasteiger partial charge on any atom is -0.326 e. The lowest BCUT2D eigenvalue weighted by molar-refractivity contribution is -0.115. The number of carbonyl (C=O) groups excluding carboxylic acids is 1. The third-order valence-corrected chi connectivity index (χ3v) is 6.87. The Balaban J connectivity index is 1.36. The molecule has 158 valence electrons. The predicted molar refractivity (Wildman–Crippen MR) is 128 cm³/mol. The number of thioether (sulfide) groups is 1. The van der Waals surface area contributed by atoms with E-state index in [1.807, 2.05) is 49.0 Å². The SMILES string of the molecule is Cc1ccc(NC(=O)Cc2nc(CSc3nccn3-c3ccc(C)c(C)c3)cs2)cc1. The molecule has 4 aromatic rings. The maximum atomic E-state index is 12.3. The number of thiazole rings is 1. The van der Waals surface area contributed by atoms with Crippen LogP contribution in [0, 0.1) is 20.8 Å². The third kappa shape index (κ3) is 5.42. The summed E-state index contributed by atoms with van der Waals surface area (Å²) in [6.45, 7) is 6.26. The van der Waals surface area contributed by atoms with Gasteiger partial charge in [-0.05, 0) is 56.2 Å². The number of amides is 1. The van der Waals surface area contributed by atoms with Crippen molar-refractivity contribution in [2.75, 3.05) is 5.32 Å². The zero-order valence-electron chi connectivity index (χ0n) is 17.8. The molecule has 31 heavy (non-hydrogen) atoms. The van der Waals surface area contributed by atoms with Crippen LogP contribution in [-0.4, -0.2) is 20.4 Å². The molecule has 2 aromatic carbocycles. The second-order valence-corrected chi connectivity index (χ2v) is 9.35. The third-order valence-electron chi connectivity index (χ3n) is 4.97. The van der Waals surface area contributed by atoms with E-state index < -0.39 is 0 Å². The molecule has 0 aliphatic heterocycles. The minimum atomic E-state index is -0.0531. The van der Waals surface area contributed by atoms with E-state index in [1.54, 1.807) is 11.8 Å². The molecule has 0 aliphatic rings. The summed E-state index contributed by atoms with van der Waals surface area (Å²) in [7, 11) is 0. The van der Waals surface area contributed by atoms with Crippen molar-refractivity contribution < 1.29 is 4.79 Å². The van der Waals surface area contributed by atoms with Gasteiger partial charge in [0.05, 0.1) is 12.1 Å². The molecule has 0 unspecified atom stereocenters. The van der Waals surface area contributed by atoms with Gasteiger partial charge < -0.3 is 5.32 Å². The number of nitrogens with zero attached hydrogens (tertiary/aromatic N) is 3. The number of imidazole rings is 1. The summed E-state index contributed by atoms with van der Waals surface area (Å²) < 4.78 is 2.10. The van der Waals surface area contributed by atoms with E-state index in [0.717, 1.165) is 27.2 Å². The second kappa shape index (κ2) is 9.49. The van der Waals surface area contributed by atoms with Gasteiger partial charge in [-0.25, -0.2) is 9.97 Å². The first-order chi connectivity index (χ1) is 15.0. The van der Waals surface area contributed by atoms with Crippen molar-refractivity contribution in [3.8, 4) is 5.69 Å². The molecule has 2 aromatic heterocycles. The lowest BCUT2D eigenvalue weighted by Crippen LogP contribution is -2.14. The van der Waals surface area contributed by atoms with Crippen molar-refractivity contribution in [3.63, 3.8) is 0 Å². The topological polar surface area (TPSA) is 59.8 Å². The van der Waals surface area contributed by atoms with E-state index in [0.29, 0.717) is 5.75 Å². The molecule has 0 aliphatic carbocycles. The van der Waals surface area contributed by atoms with Gasteiger partial charge in [0.1, 0.15) is 5.01 Å². The minimum absolute atomic E-state index is 0.0531. The van der Waals surface area contributed by atoms with Crippen LogP contribution in [0.2, 0.25) is 0 Å². The molecule has 0 saturated heterocycles. The van der Waals surface area contributed by atoms with Gasteiger partial charge >= 0.3 is 0 Å². The van der Waals surface area contributed by atoms with Crippen LogP contribution in [-0.2, 0) is 17.0 Å². The van der Waals surface area contributed by atoms with E-state index in [4.69, 9.17) is 0 Å². The van der Waals surface area contributed by atoms with Crippen LogP contribution < -0.4 is 5.32 Å². The fourth-order valence-electron chi connectivity index (χ4n) is 3.08. The normalized spacial score (nSPS) is 10.9. The number of aromatic nitrogens is 3. The Morgan fingerprint density at radius 1 is 1.10 bits per heavy atom. The van der Waals surface area contributed by atoms with Gasteiger partial charge in [0.2, 0.25) is 5.91 Å². The summed E-state index contributed by atoms with van der Waals surface area (Å²) in [6.07, 6.45) is 4.08. The molecule has 1 amide bonds. The number of anilines is 1. The number of hydrogen-bond acceptors (Lipinski definition) is 5. The Morgan fingerprint density at radius 3 is 2.68 bits per heavy atom. The molecule has 0 atom stereocenters. The average molecular weight is 449 g/mol. The van der Waals surface area contributed by atoms with Crippen LogP contribution in [0.15, 0.2) is 65.4 Å². The van der Waals surface area contributed by atoms with E-state index >= 15 is 0 Å². The Kier molecular flexibility index (Phi) is 6.53. The standard InChI is InChI=1S/C24H24N4OS2/c1-16-4-7-19(8-5-16)26-22(29)13-23-27-20(14-30-23)15-31-24-25-10-11-28(24)21-9-6-17(2)18(3)12-21/h4-12,14H,13,15H2,1-3H3,(H,26,29). The van der Waals surface area contributed by atoms with Crippen molar-refractivity contribution in [3.05, 3.63) is 87.6 Å². The number of benzene rings is 2. The summed E-state index contributed by atoms with van der Waals surface area (Å²) in [5, 5.41) is 6.69. The highest BCUT2D eigenvalue weighted by Crippen LogP contribution is 2.26. The maximum absolute atomic E-state index is 12.3. The van der Waals surface area contributed by atoms with Crippen molar-refractivity contribution >= 4 is 34.7 Å². The number of rotatable bonds is 7. The maximum Gasteiger partial charge on any atom is 0.231 e. The van der Waals surface area contributed by atoms with Crippen LogP contribution in [0.1, 0.15) is 27.4 Å². The van der Waals surface area contributed by atoms with E-state index in [2.05, 4.69) is 51.9 Å². The van der Waals surface area contributed by atoms with Crippen LogP contribution in [0.5, 0.6) is 0 Å². The molecule has 7 heteroatoms. The first-order valence-electron chi connectivity index (χ1n) is 10.0. The molecule has 4 rings (SSSR count). The highest BCUT2D eigenvalue weighted by Gasteiger charge is 2.11. The van der Waals surface area contributed by atoms with Gasteiger partial charge in [0, 0.05) is 34.9 Å². The molecule has 2 heterocycles. The molecular formula is C24H24N4OS2. The van der Waals surface area contributed by atoms with Gasteiger partial charge in [-0.3, -0.25) is 9.36 Å². The highest BCUT2D eigenvalue weighted by molar-refractivity contribution is 7.98. The molecule has 1 N–H and O–H groups in total. The monoisotopic (exact) mass is 448 g/mol. The Hall–Kier alpha value is -2.90. The van der Waals surface area contributed by atoms with Crippen molar-refractivity contribution in [2.24, 2.45) is 0 Å². The Labute approximate surface area is 190 Å². The molecule has 5 nitrogen and oxygen atoms in total. The van der Waals surface area contributed by atoms with Gasteiger partial charge in [0.15, 0.2) is 5.16 Å². The summed E-state index contributed by atoms with van der Waals surface area (Å²) in [5.41, 5.74) is 6.58. The number of aryl methyl sites for hydroxylation is 3. The van der Waals surface area contributed by atoms with Crippen LogP contribution >= 0.6 is 23.1 Å². The molecular weight excluding hydrogens is 424 g/mol. The van der Waals surface area contributed by atoms with Crippen LogP contribution in [0.4, 0.5) is 5.69 Å². The van der Waals surface area contributed by atoms with E-state index in [-0.39, 0.29) is 12.3 Å². The second-order valence-electron chi connectivity index (χ2n) is 7.46. The number of carbonyl (C=O) groups is 1. The van der Waals surface area contributed by atoms with Gasteiger partial charge in [-0.2, -0.15) is 0 Å². The predicted octanol–water partition coefficient (Wildman–Crippen LogP) is 5.73. The first kappa shape index (κ1) is 21.3. The highest BCUT2D eigenvalue weighted by atomic mass is 32.2. The quantitative estimate of drug-likeness (QED) is 0.367. The molecule has 0 bridgehead atoms. The molecule has 0 saturated carbocycles. The molecule has 0 spiro atoms. The lowest BCUT2D eigenvalue weighted by atomic mass is 10.1. The summed E-state index contributed by atoms with van der Waals surface area (Å²) >= 11 is 3.16. The zero-order valence-corrected chi connectivity index (χ0v) is 19.4. The largest absolute Gasteiger partial charge is 0.326 e. The summed E-state index contributed by atoms with van der Waals surface area (Å²) in [6, 6.07) is 14.2. The van der Waals surface area contributed by atoms with Gasteiger partial charge in [-0.15, -0.1) is 11.3 Å². The zero-order chi connectivity index (χ0) is 21.8. The van der Waals surface area contributed by atoms with E-state index in [1.165, 1.54) is 28.0 Å². The van der Waals surface area contributed by atoms with Crippen molar-refractivity contribution in [1.29, 1.82) is 0 Å². The average Bonchev–Trinajstić information content (AvgIpc) is 3.39. The smallest absolute Gasteiger partial charge is 0.231 e. The number of nitrogens with one attached hydrogen (secondary N) is 1. The summed E-state index contributed by atoms with van der Waals surface area (Å²) in [4.78, 5) is 21.4. The van der Waals surface area contributed by atoms with Crippen molar-refractivity contribution in [1.82, 2.24) is 14.5 Å². The van der Waals surface area contributed by atoms with Crippen LogP contribution in [0.25, 0.3) is 5.69 Å². The lowest BCUT2D eigenvalue weighted by Gasteiger charge is -2.09. The fourth-order valence-corrected chi connectivity index (χ4v) is 4.85. The Bertz CT molecular complexity index is 1190. The van der Waals surface area contributed by atoms with Gasteiger partial charge in [-0.1, -0.05) is 35.5 Å². The van der Waals surface area contributed by atoms with Crippen molar-refractivity contribution in [2.45, 2.75) is 38.1 Å².